The first-order valence-electron chi connectivity index (χ1n) is 4.49. The van der Waals surface area contributed by atoms with Crippen molar-refractivity contribution in [2.24, 2.45) is 11.7 Å². The van der Waals surface area contributed by atoms with Gasteiger partial charge in [0.05, 0.1) is 0 Å². The van der Waals surface area contributed by atoms with Gasteiger partial charge in [0.25, 0.3) is 0 Å². The third-order valence-corrected chi connectivity index (χ3v) is 3.74. The molecule has 74 valence electrons. The molecule has 0 aliphatic heterocycles. The van der Waals surface area contributed by atoms with Crippen LogP contribution in [-0.4, -0.2) is 23.8 Å². The van der Waals surface area contributed by atoms with E-state index >= 15 is 0 Å². The third-order valence-electron chi connectivity index (χ3n) is 1.77. The summed E-state index contributed by atoms with van der Waals surface area (Å²) in [7, 11) is -2.84. The zero-order valence-electron chi connectivity index (χ0n) is 7.99. The van der Waals surface area contributed by atoms with E-state index in [1.165, 1.54) is 0 Å². The molecular weight excluding hydrogens is 173 g/mol. The van der Waals surface area contributed by atoms with Gasteiger partial charge in [-0.05, 0) is 25.3 Å². The predicted molar refractivity (Wildman–Crippen MR) is 52.7 cm³/mol. The average Bonchev–Trinajstić information content (AvgIpc) is 1.98. The van der Waals surface area contributed by atoms with Crippen LogP contribution in [0, 0.1) is 5.92 Å². The van der Waals surface area contributed by atoms with Gasteiger partial charge < -0.3 is 10.6 Å². The minimum atomic E-state index is -2.84. The molecule has 0 saturated heterocycles. The molecule has 0 saturated carbocycles. The van der Waals surface area contributed by atoms with Gasteiger partial charge in [0, 0.05) is 12.3 Å². The number of hydrogen-bond acceptors (Lipinski definition) is 2. The molecule has 3 nitrogen and oxygen atoms in total. The van der Waals surface area contributed by atoms with E-state index in [4.69, 9.17) is 5.73 Å². The molecule has 12 heavy (non-hydrogen) atoms. The van der Waals surface area contributed by atoms with E-state index in [0.717, 1.165) is 6.42 Å². The Balaban J connectivity index is 3.64. The fourth-order valence-corrected chi connectivity index (χ4v) is 2.73. The zero-order chi connectivity index (χ0) is 9.61. The molecule has 0 rings (SSSR count). The summed E-state index contributed by atoms with van der Waals surface area (Å²) in [6.07, 6.45) is 2.32. The van der Waals surface area contributed by atoms with Crippen molar-refractivity contribution in [3.8, 4) is 0 Å². The van der Waals surface area contributed by atoms with Crippen LogP contribution in [0.2, 0.25) is 0 Å². The molecule has 0 aromatic rings. The Morgan fingerprint density at radius 2 is 2.00 bits per heavy atom. The van der Waals surface area contributed by atoms with Crippen LogP contribution in [0.1, 0.15) is 26.7 Å². The Hall–Kier alpha value is 0.150. The third kappa shape index (κ3) is 6.84. The van der Waals surface area contributed by atoms with Crippen LogP contribution in [0.5, 0.6) is 0 Å². The van der Waals surface area contributed by atoms with Crippen LogP contribution in [0.3, 0.4) is 0 Å². The highest BCUT2D eigenvalue weighted by Crippen LogP contribution is 2.42. The second-order valence-electron chi connectivity index (χ2n) is 3.62. The Labute approximate surface area is 74.8 Å². The second-order valence-corrected chi connectivity index (χ2v) is 6.21. The van der Waals surface area contributed by atoms with Crippen LogP contribution < -0.4 is 5.73 Å². The Morgan fingerprint density at radius 3 is 2.42 bits per heavy atom. The lowest BCUT2D eigenvalue weighted by Gasteiger charge is -2.11. The highest BCUT2D eigenvalue weighted by molar-refractivity contribution is 7.57. The van der Waals surface area contributed by atoms with Crippen molar-refractivity contribution < 1.29 is 9.46 Å². The smallest absolute Gasteiger partial charge is 0.200 e. The van der Waals surface area contributed by atoms with Gasteiger partial charge in [-0.3, -0.25) is 4.57 Å². The van der Waals surface area contributed by atoms with E-state index in [-0.39, 0.29) is 0 Å². The first-order valence-corrected chi connectivity index (χ1v) is 6.52. The largest absolute Gasteiger partial charge is 0.344 e. The molecule has 0 aliphatic rings. The molecular formula is C8H20NO2P. The van der Waals surface area contributed by atoms with Crippen LogP contribution in [0.25, 0.3) is 0 Å². The normalized spacial score (nSPS) is 16.4. The number of hydrogen-bond donors (Lipinski definition) is 2. The lowest BCUT2D eigenvalue weighted by Crippen LogP contribution is -2.04. The molecule has 0 fully saturated rings. The molecule has 4 heteroatoms. The molecule has 0 bridgehead atoms. The van der Waals surface area contributed by atoms with Crippen LogP contribution >= 0.6 is 7.37 Å². The summed E-state index contributed by atoms with van der Waals surface area (Å²) in [6.45, 7) is 4.62. The van der Waals surface area contributed by atoms with Crippen LogP contribution in [0.15, 0.2) is 0 Å². The summed E-state index contributed by atoms with van der Waals surface area (Å²) >= 11 is 0. The summed E-state index contributed by atoms with van der Waals surface area (Å²) in [4.78, 5) is 9.39. The van der Waals surface area contributed by atoms with E-state index < -0.39 is 7.37 Å². The minimum absolute atomic E-state index is 0.385. The Morgan fingerprint density at radius 1 is 1.42 bits per heavy atom. The first kappa shape index (κ1) is 12.2. The molecule has 0 amide bonds. The predicted octanol–water partition coefficient (Wildman–Crippen LogP) is 1.65. The van der Waals surface area contributed by atoms with Crippen molar-refractivity contribution >= 4 is 7.37 Å². The minimum Gasteiger partial charge on any atom is -0.344 e. The van der Waals surface area contributed by atoms with Gasteiger partial charge in [-0.15, -0.1) is 0 Å². The van der Waals surface area contributed by atoms with E-state index in [9.17, 15) is 9.46 Å². The zero-order valence-corrected chi connectivity index (χ0v) is 8.89. The monoisotopic (exact) mass is 193 g/mol. The van der Waals surface area contributed by atoms with Gasteiger partial charge in [0.1, 0.15) is 0 Å². The maximum atomic E-state index is 11.4. The number of nitrogens with two attached hydrogens (primary N) is 1. The first-order chi connectivity index (χ1) is 5.48. The van der Waals surface area contributed by atoms with Crippen molar-refractivity contribution in [3.63, 3.8) is 0 Å². The van der Waals surface area contributed by atoms with Crippen molar-refractivity contribution in [2.75, 3.05) is 18.9 Å². The summed E-state index contributed by atoms with van der Waals surface area (Å²) < 4.78 is 11.4. The van der Waals surface area contributed by atoms with Crippen LogP contribution in [-0.2, 0) is 4.57 Å². The SMILES string of the molecule is CC(C)CCP(=O)(O)CCCN. The summed E-state index contributed by atoms with van der Waals surface area (Å²) in [5, 5.41) is 0. The van der Waals surface area contributed by atoms with Crippen molar-refractivity contribution in [1.82, 2.24) is 0 Å². The van der Waals surface area contributed by atoms with Gasteiger partial charge >= 0.3 is 0 Å². The molecule has 0 radical (unpaired) electrons. The standard InChI is InChI=1S/C8H20NO2P/c1-8(2)4-7-12(10,11)6-3-5-9/h8H,3-7,9H2,1-2H3,(H,10,11). The molecule has 0 aliphatic carbocycles. The topological polar surface area (TPSA) is 63.3 Å². The lowest BCUT2D eigenvalue weighted by atomic mass is 10.2. The quantitative estimate of drug-likeness (QED) is 0.630. The fourth-order valence-electron chi connectivity index (χ4n) is 0.910. The molecule has 0 aromatic carbocycles. The summed E-state index contributed by atoms with van der Waals surface area (Å²) in [5.74, 6) is 0.503. The molecule has 1 atom stereocenters. The van der Waals surface area contributed by atoms with Gasteiger partial charge in [-0.25, -0.2) is 0 Å². The fraction of sp³-hybridized carbons (Fsp3) is 1.00. The number of rotatable bonds is 6. The Kier molecular flexibility index (Phi) is 5.81. The second kappa shape index (κ2) is 5.74. The van der Waals surface area contributed by atoms with Crippen molar-refractivity contribution in [3.05, 3.63) is 0 Å². The Bertz CT molecular complexity index is 159. The molecule has 0 heterocycles. The van der Waals surface area contributed by atoms with E-state index in [2.05, 4.69) is 13.8 Å². The van der Waals surface area contributed by atoms with Crippen molar-refractivity contribution in [1.29, 1.82) is 0 Å². The highest BCUT2D eigenvalue weighted by atomic mass is 31.2. The molecule has 0 aromatic heterocycles. The van der Waals surface area contributed by atoms with E-state index in [1.54, 1.807) is 0 Å². The molecule has 3 N–H and O–H groups in total. The van der Waals surface area contributed by atoms with E-state index in [1.807, 2.05) is 0 Å². The van der Waals surface area contributed by atoms with Gasteiger partial charge in [-0.1, -0.05) is 13.8 Å². The lowest BCUT2D eigenvalue weighted by molar-refractivity contribution is 0.467. The molecule has 0 spiro atoms. The van der Waals surface area contributed by atoms with Crippen molar-refractivity contribution in [2.45, 2.75) is 26.7 Å². The summed E-state index contributed by atoms with van der Waals surface area (Å²) in [6, 6.07) is 0. The van der Waals surface area contributed by atoms with Gasteiger partial charge in [-0.2, -0.15) is 0 Å². The summed E-state index contributed by atoms with van der Waals surface area (Å²) in [5.41, 5.74) is 5.26. The van der Waals surface area contributed by atoms with Gasteiger partial charge in [0.15, 0.2) is 0 Å². The van der Waals surface area contributed by atoms with Crippen LogP contribution in [0.4, 0.5) is 0 Å². The maximum Gasteiger partial charge on any atom is 0.200 e. The average molecular weight is 193 g/mol. The highest BCUT2D eigenvalue weighted by Gasteiger charge is 2.16. The maximum absolute atomic E-state index is 11.4. The van der Waals surface area contributed by atoms with E-state index in [0.29, 0.717) is 31.2 Å². The van der Waals surface area contributed by atoms with Gasteiger partial charge in [0.2, 0.25) is 7.37 Å². The molecule has 1 unspecified atom stereocenters.